The van der Waals surface area contributed by atoms with E-state index in [1.807, 2.05) is 84.9 Å². The number of hydrogen-bond acceptors (Lipinski definition) is 2. The molecule has 29 heavy (non-hydrogen) atoms. The van der Waals surface area contributed by atoms with Gasteiger partial charge >= 0.3 is 0 Å². The molecular weight excluding hydrogens is 358 g/mol. The topological polar surface area (TPSA) is 46.2 Å². The largest absolute Gasteiger partial charge is 0.321 e. The third kappa shape index (κ3) is 4.30. The summed E-state index contributed by atoms with van der Waals surface area (Å²) in [4.78, 5) is 25.6. The van der Waals surface area contributed by atoms with Crippen LogP contribution in [0.25, 0.3) is 16.5 Å². The van der Waals surface area contributed by atoms with Crippen LogP contribution < -0.4 is 5.32 Å². The van der Waals surface area contributed by atoms with Crippen molar-refractivity contribution >= 4 is 28.2 Å². The molecule has 4 aromatic carbocycles. The Morgan fingerprint density at radius 2 is 1.17 bits per heavy atom. The van der Waals surface area contributed by atoms with Crippen molar-refractivity contribution in [1.29, 1.82) is 0 Å². The van der Waals surface area contributed by atoms with Gasteiger partial charge in [0.25, 0.3) is 5.91 Å². The van der Waals surface area contributed by atoms with E-state index in [1.54, 1.807) is 18.2 Å². The van der Waals surface area contributed by atoms with Gasteiger partial charge in [0.05, 0.1) is 5.70 Å². The molecule has 0 radical (unpaired) electrons. The minimum Gasteiger partial charge on any atom is -0.321 e. The van der Waals surface area contributed by atoms with E-state index in [1.165, 1.54) is 6.08 Å². The van der Waals surface area contributed by atoms with Crippen LogP contribution in [0.1, 0.15) is 26.3 Å². The van der Waals surface area contributed by atoms with Crippen LogP contribution in [0.2, 0.25) is 0 Å². The predicted molar refractivity (Wildman–Crippen MR) is 117 cm³/mol. The molecule has 0 saturated heterocycles. The summed E-state index contributed by atoms with van der Waals surface area (Å²) in [7, 11) is 0. The van der Waals surface area contributed by atoms with Crippen molar-refractivity contribution in [2.24, 2.45) is 0 Å². The van der Waals surface area contributed by atoms with E-state index in [-0.39, 0.29) is 11.7 Å². The fourth-order valence-electron chi connectivity index (χ4n) is 3.15. The van der Waals surface area contributed by atoms with Crippen LogP contribution in [-0.4, -0.2) is 11.7 Å². The summed E-state index contributed by atoms with van der Waals surface area (Å²) in [6.45, 7) is 0. The van der Waals surface area contributed by atoms with Gasteiger partial charge in [-0.05, 0) is 28.5 Å². The third-order valence-electron chi connectivity index (χ3n) is 4.68. The molecule has 4 aromatic rings. The number of ketones is 1. The maximum atomic E-state index is 12.9. The lowest BCUT2D eigenvalue weighted by molar-refractivity contribution is 0.0974. The standard InChI is InChI=1S/C26H19NO2/c28-25(21-12-5-2-6-13-21)18-24(20-10-3-1-4-11-20)27-26(29)23-16-15-19-9-7-8-14-22(19)17-23/h1-18H,(H,27,29)/b24-18-. The summed E-state index contributed by atoms with van der Waals surface area (Å²) < 4.78 is 0. The molecular formula is C26H19NO2. The minimum atomic E-state index is -0.258. The maximum absolute atomic E-state index is 12.9. The molecule has 0 aromatic heterocycles. The lowest BCUT2D eigenvalue weighted by atomic mass is 10.0. The van der Waals surface area contributed by atoms with Gasteiger partial charge in [-0.2, -0.15) is 0 Å². The molecule has 3 nitrogen and oxygen atoms in total. The van der Waals surface area contributed by atoms with Gasteiger partial charge in [-0.25, -0.2) is 0 Å². The van der Waals surface area contributed by atoms with Crippen molar-refractivity contribution in [2.45, 2.75) is 0 Å². The fourth-order valence-corrected chi connectivity index (χ4v) is 3.15. The zero-order chi connectivity index (χ0) is 20.1. The van der Waals surface area contributed by atoms with Crippen molar-refractivity contribution < 1.29 is 9.59 Å². The number of nitrogens with one attached hydrogen (secondary N) is 1. The fraction of sp³-hybridized carbons (Fsp3) is 0. The molecule has 0 aliphatic rings. The average Bonchev–Trinajstić information content (AvgIpc) is 2.79. The van der Waals surface area contributed by atoms with Crippen LogP contribution in [0.5, 0.6) is 0 Å². The van der Waals surface area contributed by atoms with Crippen LogP contribution >= 0.6 is 0 Å². The Morgan fingerprint density at radius 1 is 0.586 bits per heavy atom. The summed E-state index contributed by atoms with van der Waals surface area (Å²) >= 11 is 0. The molecule has 0 unspecified atom stereocenters. The van der Waals surface area contributed by atoms with E-state index in [2.05, 4.69) is 5.32 Å². The number of carbonyl (C=O) groups excluding carboxylic acids is 2. The molecule has 0 aliphatic carbocycles. The first-order chi connectivity index (χ1) is 14.2. The molecule has 0 heterocycles. The average molecular weight is 377 g/mol. The molecule has 1 N–H and O–H groups in total. The van der Waals surface area contributed by atoms with Gasteiger partial charge in [0.2, 0.25) is 0 Å². The molecule has 0 saturated carbocycles. The summed E-state index contributed by atoms with van der Waals surface area (Å²) in [6.07, 6.45) is 1.48. The number of benzene rings is 4. The highest BCUT2D eigenvalue weighted by Gasteiger charge is 2.12. The van der Waals surface area contributed by atoms with Crippen LogP contribution in [-0.2, 0) is 0 Å². The minimum absolute atomic E-state index is 0.164. The molecule has 0 bridgehead atoms. The number of allylic oxidation sites excluding steroid dienone is 1. The maximum Gasteiger partial charge on any atom is 0.255 e. The summed E-state index contributed by atoms with van der Waals surface area (Å²) in [5.41, 5.74) is 2.35. The first-order valence-electron chi connectivity index (χ1n) is 9.37. The Balaban J connectivity index is 1.66. The van der Waals surface area contributed by atoms with Gasteiger partial charge < -0.3 is 5.32 Å². The first-order valence-corrected chi connectivity index (χ1v) is 9.37. The van der Waals surface area contributed by atoms with Crippen molar-refractivity contribution in [3.63, 3.8) is 0 Å². The molecule has 140 valence electrons. The highest BCUT2D eigenvalue weighted by Crippen LogP contribution is 2.18. The Kier molecular flexibility index (Phi) is 5.30. The van der Waals surface area contributed by atoms with E-state index >= 15 is 0 Å². The third-order valence-corrected chi connectivity index (χ3v) is 4.68. The second kappa shape index (κ2) is 8.36. The molecule has 0 aliphatic heterocycles. The van der Waals surface area contributed by atoms with Crippen molar-refractivity contribution in [3.05, 3.63) is 126 Å². The van der Waals surface area contributed by atoms with Crippen molar-refractivity contribution in [2.75, 3.05) is 0 Å². The van der Waals surface area contributed by atoms with Crippen LogP contribution in [0.4, 0.5) is 0 Å². The Bertz CT molecular complexity index is 1200. The summed E-state index contributed by atoms with van der Waals surface area (Å²) in [5, 5.41) is 4.98. The molecule has 3 heteroatoms. The SMILES string of the molecule is O=C(/C=C(\NC(=O)c1ccc2ccccc2c1)c1ccccc1)c1ccccc1. The lowest BCUT2D eigenvalue weighted by Gasteiger charge is -2.11. The van der Waals surface area contributed by atoms with Gasteiger partial charge in [0.1, 0.15) is 0 Å². The number of hydrogen-bond donors (Lipinski definition) is 1. The second-order valence-electron chi connectivity index (χ2n) is 6.67. The molecule has 0 fully saturated rings. The van der Waals surface area contributed by atoms with Crippen molar-refractivity contribution in [3.8, 4) is 0 Å². The van der Waals surface area contributed by atoms with Gasteiger partial charge in [-0.15, -0.1) is 0 Å². The highest BCUT2D eigenvalue weighted by molar-refractivity contribution is 6.11. The van der Waals surface area contributed by atoms with Gasteiger partial charge in [-0.1, -0.05) is 91.0 Å². The Morgan fingerprint density at radius 3 is 1.86 bits per heavy atom. The van der Waals surface area contributed by atoms with Crippen LogP contribution in [0.3, 0.4) is 0 Å². The number of fused-ring (bicyclic) bond motifs is 1. The van der Waals surface area contributed by atoms with Crippen molar-refractivity contribution in [1.82, 2.24) is 5.32 Å². The van der Waals surface area contributed by atoms with E-state index in [4.69, 9.17) is 0 Å². The van der Waals surface area contributed by atoms with E-state index < -0.39 is 0 Å². The predicted octanol–water partition coefficient (Wildman–Crippen LogP) is 5.49. The Labute approximate surface area is 169 Å². The molecule has 4 rings (SSSR count). The quantitative estimate of drug-likeness (QED) is 0.369. The van der Waals surface area contributed by atoms with Gasteiger partial charge in [0.15, 0.2) is 5.78 Å². The zero-order valence-corrected chi connectivity index (χ0v) is 15.7. The number of rotatable bonds is 5. The van der Waals surface area contributed by atoms with E-state index in [0.29, 0.717) is 16.8 Å². The summed E-state index contributed by atoms with van der Waals surface area (Å²) in [6, 6.07) is 31.8. The Hall–Kier alpha value is -3.98. The van der Waals surface area contributed by atoms with E-state index in [0.717, 1.165) is 16.3 Å². The van der Waals surface area contributed by atoms with E-state index in [9.17, 15) is 9.59 Å². The van der Waals surface area contributed by atoms with Gasteiger partial charge in [-0.3, -0.25) is 9.59 Å². The first kappa shape index (κ1) is 18.4. The molecule has 0 spiro atoms. The summed E-state index contributed by atoms with van der Waals surface area (Å²) in [5.74, 6) is -0.421. The number of carbonyl (C=O) groups is 2. The monoisotopic (exact) mass is 377 g/mol. The number of amides is 1. The highest BCUT2D eigenvalue weighted by atomic mass is 16.1. The normalized spacial score (nSPS) is 11.2. The smallest absolute Gasteiger partial charge is 0.255 e. The van der Waals surface area contributed by atoms with Crippen LogP contribution in [0.15, 0.2) is 109 Å². The molecule has 1 amide bonds. The molecule has 0 atom stereocenters. The van der Waals surface area contributed by atoms with Crippen LogP contribution in [0, 0.1) is 0 Å². The lowest BCUT2D eigenvalue weighted by Crippen LogP contribution is -2.22. The second-order valence-corrected chi connectivity index (χ2v) is 6.67. The van der Waals surface area contributed by atoms with Gasteiger partial charge in [0, 0.05) is 17.2 Å². The zero-order valence-electron chi connectivity index (χ0n) is 15.7.